The third-order valence-corrected chi connectivity index (χ3v) is 4.12. The molecule has 2 rings (SSSR count). The molecular formula is C9H8Cl2N4O2S. The van der Waals surface area contributed by atoms with E-state index in [0.29, 0.717) is 0 Å². The zero-order chi connectivity index (χ0) is 13.3. The van der Waals surface area contributed by atoms with E-state index in [0.717, 1.165) is 0 Å². The van der Waals surface area contributed by atoms with Gasteiger partial charge in [0.15, 0.2) is 0 Å². The third kappa shape index (κ3) is 2.53. The van der Waals surface area contributed by atoms with Crippen molar-refractivity contribution >= 4 is 44.9 Å². The maximum Gasteiger partial charge on any atom is 0.267 e. The molecule has 0 aliphatic carbocycles. The quantitative estimate of drug-likeness (QED) is 0.756. The first-order valence-corrected chi connectivity index (χ1v) is 6.91. The molecule has 1 aromatic heterocycles. The van der Waals surface area contributed by atoms with Crippen LogP contribution >= 0.6 is 23.2 Å². The molecule has 0 atom stereocenters. The molecule has 0 radical (unpaired) electrons. The first kappa shape index (κ1) is 13.0. The monoisotopic (exact) mass is 306 g/mol. The number of nitrogen functional groups attached to an aromatic ring is 1. The summed E-state index contributed by atoms with van der Waals surface area (Å²) in [4.78, 5) is 6.12. The highest BCUT2D eigenvalue weighted by Crippen LogP contribution is 2.31. The number of aromatic nitrogens is 2. The highest BCUT2D eigenvalue weighted by atomic mass is 35.5. The van der Waals surface area contributed by atoms with Gasteiger partial charge in [0.05, 0.1) is 10.7 Å². The molecule has 2 aromatic rings. The average Bonchev–Trinajstić information content (AvgIpc) is 2.66. The smallest absolute Gasteiger partial charge is 0.267 e. The number of hydrogen-bond acceptors (Lipinski definition) is 4. The van der Waals surface area contributed by atoms with E-state index in [-0.39, 0.29) is 26.6 Å². The van der Waals surface area contributed by atoms with E-state index in [9.17, 15) is 8.42 Å². The number of sulfonamides is 1. The topological polar surface area (TPSA) is 101 Å². The minimum atomic E-state index is -3.92. The normalized spacial score (nSPS) is 11.4. The van der Waals surface area contributed by atoms with Crippen LogP contribution in [0.15, 0.2) is 29.4 Å². The second-order valence-electron chi connectivity index (χ2n) is 3.35. The molecule has 0 saturated carbocycles. The number of rotatable bonds is 3. The number of H-pyrrole nitrogens is 1. The molecule has 18 heavy (non-hydrogen) atoms. The van der Waals surface area contributed by atoms with Crippen molar-refractivity contribution in [2.45, 2.75) is 4.90 Å². The number of benzene rings is 1. The summed E-state index contributed by atoms with van der Waals surface area (Å²) in [5, 5.41) is 0.202. The number of hydrogen-bond donors (Lipinski definition) is 3. The van der Waals surface area contributed by atoms with Crippen molar-refractivity contribution in [3.63, 3.8) is 0 Å². The van der Waals surface area contributed by atoms with E-state index < -0.39 is 10.0 Å². The molecular weight excluding hydrogens is 299 g/mol. The Balaban J connectivity index is 2.48. The lowest BCUT2D eigenvalue weighted by Gasteiger charge is -2.10. The van der Waals surface area contributed by atoms with E-state index in [1.54, 1.807) is 0 Å². The first-order chi connectivity index (χ1) is 8.40. The predicted octanol–water partition coefficient (Wildman–Crippen LogP) is 2.10. The Hall–Kier alpha value is -1.44. The average molecular weight is 307 g/mol. The van der Waals surface area contributed by atoms with Crippen molar-refractivity contribution in [1.29, 1.82) is 0 Å². The van der Waals surface area contributed by atoms with E-state index in [4.69, 9.17) is 28.9 Å². The van der Waals surface area contributed by atoms with Gasteiger partial charge in [0.25, 0.3) is 10.0 Å². The van der Waals surface area contributed by atoms with Crippen LogP contribution in [0.25, 0.3) is 0 Å². The summed E-state index contributed by atoms with van der Waals surface area (Å²) in [6, 6.07) is 2.61. The molecule has 6 nitrogen and oxygen atoms in total. The van der Waals surface area contributed by atoms with Gasteiger partial charge in [-0.15, -0.1) is 0 Å². The highest BCUT2D eigenvalue weighted by molar-refractivity contribution is 7.93. The molecule has 0 saturated heterocycles. The van der Waals surface area contributed by atoms with Crippen molar-refractivity contribution in [3.05, 3.63) is 34.6 Å². The number of nitrogens with two attached hydrogens (primary N) is 1. The minimum absolute atomic E-state index is 0.0356. The summed E-state index contributed by atoms with van der Waals surface area (Å²) < 4.78 is 26.4. The van der Waals surface area contributed by atoms with Crippen LogP contribution in [-0.2, 0) is 10.0 Å². The van der Waals surface area contributed by atoms with E-state index in [1.807, 2.05) is 0 Å². The SMILES string of the molecule is Nc1cc(Cl)cc(Cl)c1S(=O)(=O)Nc1ncc[nH]1. The maximum atomic E-state index is 12.1. The Bertz CT molecular complexity index is 647. The molecule has 0 aliphatic heterocycles. The Kier molecular flexibility index (Phi) is 3.38. The summed E-state index contributed by atoms with van der Waals surface area (Å²) >= 11 is 11.6. The van der Waals surface area contributed by atoms with Crippen molar-refractivity contribution in [2.75, 3.05) is 10.5 Å². The molecule has 9 heteroatoms. The van der Waals surface area contributed by atoms with Crippen LogP contribution in [0.1, 0.15) is 0 Å². The molecule has 0 amide bonds. The van der Waals surface area contributed by atoms with Gasteiger partial charge in [0, 0.05) is 17.4 Å². The Labute approximate surface area is 113 Å². The van der Waals surface area contributed by atoms with Gasteiger partial charge in [-0.1, -0.05) is 23.2 Å². The third-order valence-electron chi connectivity index (χ3n) is 2.04. The standard InChI is InChI=1S/C9H8Cl2N4O2S/c10-5-3-6(11)8(7(12)4-5)18(16,17)15-9-13-1-2-14-9/h1-4H,12H2,(H2,13,14,15). The van der Waals surface area contributed by atoms with Crippen molar-refractivity contribution < 1.29 is 8.42 Å². The highest BCUT2D eigenvalue weighted by Gasteiger charge is 2.22. The molecule has 4 N–H and O–H groups in total. The fourth-order valence-corrected chi connectivity index (χ4v) is 3.33. The summed E-state index contributed by atoms with van der Waals surface area (Å²) in [5.74, 6) is 0.0698. The lowest BCUT2D eigenvalue weighted by atomic mass is 10.3. The Morgan fingerprint density at radius 2 is 2.06 bits per heavy atom. The first-order valence-electron chi connectivity index (χ1n) is 4.67. The second kappa shape index (κ2) is 4.68. The van der Waals surface area contributed by atoms with Gasteiger partial charge in [0.2, 0.25) is 5.95 Å². The predicted molar refractivity (Wildman–Crippen MR) is 70.3 cm³/mol. The molecule has 1 aromatic carbocycles. The number of anilines is 2. The largest absolute Gasteiger partial charge is 0.398 e. The molecule has 96 valence electrons. The number of nitrogens with one attached hydrogen (secondary N) is 2. The van der Waals surface area contributed by atoms with Gasteiger partial charge in [-0.25, -0.2) is 18.1 Å². The van der Waals surface area contributed by atoms with Crippen LogP contribution in [0.5, 0.6) is 0 Å². The zero-order valence-electron chi connectivity index (χ0n) is 8.81. The minimum Gasteiger partial charge on any atom is -0.398 e. The van der Waals surface area contributed by atoms with Crippen LogP contribution in [0.2, 0.25) is 10.0 Å². The van der Waals surface area contributed by atoms with Gasteiger partial charge >= 0.3 is 0 Å². The van der Waals surface area contributed by atoms with Crippen molar-refractivity contribution in [1.82, 2.24) is 9.97 Å². The number of imidazole rings is 1. The fourth-order valence-electron chi connectivity index (χ4n) is 1.36. The van der Waals surface area contributed by atoms with Gasteiger partial charge < -0.3 is 10.7 Å². The van der Waals surface area contributed by atoms with E-state index in [1.165, 1.54) is 24.5 Å². The zero-order valence-corrected chi connectivity index (χ0v) is 11.1. The molecule has 0 spiro atoms. The van der Waals surface area contributed by atoms with Crippen LogP contribution in [-0.4, -0.2) is 18.4 Å². The van der Waals surface area contributed by atoms with Crippen LogP contribution in [0.4, 0.5) is 11.6 Å². The lowest BCUT2D eigenvalue weighted by Crippen LogP contribution is -2.16. The molecule has 1 heterocycles. The van der Waals surface area contributed by atoms with Crippen molar-refractivity contribution in [3.8, 4) is 0 Å². The second-order valence-corrected chi connectivity index (χ2v) is 5.81. The van der Waals surface area contributed by atoms with Gasteiger partial charge in [-0.3, -0.25) is 0 Å². The van der Waals surface area contributed by atoms with E-state index >= 15 is 0 Å². The summed E-state index contributed by atoms with van der Waals surface area (Å²) in [6.45, 7) is 0. The Morgan fingerprint density at radius 3 is 2.61 bits per heavy atom. The molecule has 0 aliphatic rings. The number of halogens is 2. The van der Waals surface area contributed by atoms with Crippen LogP contribution in [0, 0.1) is 0 Å². The maximum absolute atomic E-state index is 12.1. The summed E-state index contributed by atoms with van der Waals surface area (Å²) in [5.41, 5.74) is 5.58. The Morgan fingerprint density at radius 1 is 1.33 bits per heavy atom. The van der Waals surface area contributed by atoms with Crippen molar-refractivity contribution in [2.24, 2.45) is 0 Å². The fraction of sp³-hybridized carbons (Fsp3) is 0. The summed E-state index contributed by atoms with van der Waals surface area (Å²) in [6.07, 6.45) is 2.88. The number of aromatic amines is 1. The number of nitrogens with zero attached hydrogens (tertiary/aromatic N) is 1. The van der Waals surface area contributed by atoms with Crippen LogP contribution < -0.4 is 10.5 Å². The molecule has 0 bridgehead atoms. The molecule has 0 unspecified atom stereocenters. The van der Waals surface area contributed by atoms with Gasteiger partial charge in [-0.2, -0.15) is 0 Å². The van der Waals surface area contributed by atoms with Gasteiger partial charge in [0.1, 0.15) is 4.90 Å². The summed E-state index contributed by atoms with van der Waals surface area (Å²) in [7, 11) is -3.92. The molecule has 0 fully saturated rings. The van der Waals surface area contributed by atoms with Gasteiger partial charge in [-0.05, 0) is 12.1 Å². The van der Waals surface area contributed by atoms with Crippen LogP contribution in [0.3, 0.4) is 0 Å². The van der Waals surface area contributed by atoms with E-state index in [2.05, 4.69) is 14.7 Å². The lowest BCUT2D eigenvalue weighted by molar-refractivity contribution is 0.601.